The second kappa shape index (κ2) is 12.8. The fourth-order valence-electron chi connectivity index (χ4n) is 4.80. The molecular formula is C29H36F3N7O2. The van der Waals surface area contributed by atoms with Crippen molar-refractivity contribution in [1.82, 2.24) is 24.8 Å². The van der Waals surface area contributed by atoms with E-state index >= 15 is 0 Å². The van der Waals surface area contributed by atoms with Crippen LogP contribution in [0, 0.1) is 20.8 Å². The Kier molecular flexibility index (Phi) is 9.44. The van der Waals surface area contributed by atoms with Crippen LogP contribution in [0.1, 0.15) is 42.1 Å². The summed E-state index contributed by atoms with van der Waals surface area (Å²) >= 11 is 0. The summed E-state index contributed by atoms with van der Waals surface area (Å²) in [6.07, 6.45) is -2.91. The average molecular weight is 572 g/mol. The van der Waals surface area contributed by atoms with E-state index in [0.717, 1.165) is 31.4 Å². The topological polar surface area (TPSA) is 95.5 Å². The zero-order valence-corrected chi connectivity index (χ0v) is 24.0. The van der Waals surface area contributed by atoms with Crippen LogP contribution in [0.25, 0.3) is 11.4 Å². The van der Waals surface area contributed by atoms with Gasteiger partial charge < -0.3 is 20.3 Å². The lowest BCUT2D eigenvalue weighted by molar-refractivity contribution is -0.138. The smallest absolute Gasteiger partial charge is 0.416 e. The van der Waals surface area contributed by atoms with E-state index in [1.54, 1.807) is 20.0 Å². The summed E-state index contributed by atoms with van der Waals surface area (Å²) in [7, 11) is 0. The summed E-state index contributed by atoms with van der Waals surface area (Å²) in [5.41, 5.74) is 2.23. The maximum absolute atomic E-state index is 14.0. The highest BCUT2D eigenvalue weighted by molar-refractivity contribution is 6.00. The van der Waals surface area contributed by atoms with Gasteiger partial charge in [-0.3, -0.25) is 9.88 Å². The lowest BCUT2D eigenvalue weighted by atomic mass is 10.0. The third kappa shape index (κ3) is 7.50. The predicted molar refractivity (Wildman–Crippen MR) is 152 cm³/mol. The third-order valence-corrected chi connectivity index (χ3v) is 7.09. The molecule has 0 spiro atoms. The van der Waals surface area contributed by atoms with Crippen LogP contribution in [0.3, 0.4) is 0 Å². The summed E-state index contributed by atoms with van der Waals surface area (Å²) in [5, 5.41) is 5.21. The van der Waals surface area contributed by atoms with Gasteiger partial charge >= 0.3 is 12.2 Å². The second-order valence-electron chi connectivity index (χ2n) is 9.99. The number of alkyl halides is 3. The molecule has 1 fully saturated rings. The highest BCUT2D eigenvalue weighted by atomic mass is 19.4. The van der Waals surface area contributed by atoms with Crippen LogP contribution < -0.4 is 15.4 Å². The first-order valence-corrected chi connectivity index (χ1v) is 13.7. The first kappa shape index (κ1) is 30.2. The quantitative estimate of drug-likeness (QED) is 0.360. The number of hydrogen-bond acceptors (Lipinski definition) is 7. The molecule has 0 radical (unpaired) electrons. The van der Waals surface area contributed by atoms with E-state index in [9.17, 15) is 18.0 Å². The molecule has 2 amide bonds. The van der Waals surface area contributed by atoms with Crippen LogP contribution in [0.2, 0.25) is 0 Å². The molecule has 0 saturated carbocycles. The van der Waals surface area contributed by atoms with Crippen molar-refractivity contribution >= 4 is 17.4 Å². The number of urea groups is 1. The van der Waals surface area contributed by atoms with Gasteiger partial charge in [-0.2, -0.15) is 13.2 Å². The van der Waals surface area contributed by atoms with E-state index in [4.69, 9.17) is 4.74 Å². The van der Waals surface area contributed by atoms with Gasteiger partial charge in [0.25, 0.3) is 0 Å². The number of ether oxygens (including phenoxy) is 1. The van der Waals surface area contributed by atoms with Gasteiger partial charge in [-0.05, 0) is 58.0 Å². The van der Waals surface area contributed by atoms with Crippen molar-refractivity contribution in [1.29, 1.82) is 0 Å². The molecule has 0 aliphatic carbocycles. The molecule has 4 rings (SSSR count). The normalized spacial score (nSPS) is 14.6. The number of carbonyl (C=O) groups excluding carboxylic acids is 1. The summed E-state index contributed by atoms with van der Waals surface area (Å²) in [5.74, 6) is 1.05. The number of aromatic nitrogens is 3. The standard InChI is InChI=1S/C29H36F3N7O2/c1-6-38-10-12-39(13-11-38)17-21-8-9-23(15-24(21)29(30,31)32)36-28(40)37-26-19(4)34-27(35-20(26)5)22-14-25(41-7-2)18(3)33-16-22/h8-9,14-16H,6-7,10-13,17H2,1-5H3,(H2,36,37,40). The number of hydrogen-bond donors (Lipinski definition) is 2. The minimum absolute atomic E-state index is 0.0383. The number of rotatable bonds is 8. The number of benzene rings is 1. The number of halogens is 3. The Morgan fingerprint density at radius 2 is 1.61 bits per heavy atom. The lowest BCUT2D eigenvalue weighted by Gasteiger charge is -2.34. The van der Waals surface area contributed by atoms with E-state index in [0.29, 0.717) is 53.9 Å². The summed E-state index contributed by atoms with van der Waals surface area (Å²) < 4.78 is 47.5. The third-order valence-electron chi connectivity index (χ3n) is 7.09. The molecular weight excluding hydrogens is 535 g/mol. The van der Waals surface area contributed by atoms with Crippen molar-refractivity contribution in [2.24, 2.45) is 0 Å². The number of aryl methyl sites for hydroxylation is 3. The lowest BCUT2D eigenvalue weighted by Crippen LogP contribution is -2.45. The average Bonchev–Trinajstić information content (AvgIpc) is 2.92. The number of amides is 2. The highest BCUT2D eigenvalue weighted by Crippen LogP contribution is 2.35. The van der Waals surface area contributed by atoms with Gasteiger partial charge in [0.2, 0.25) is 0 Å². The molecule has 1 saturated heterocycles. The van der Waals surface area contributed by atoms with Crippen molar-refractivity contribution in [2.45, 2.75) is 47.3 Å². The Labute approximate surface area is 238 Å². The number of nitrogens with one attached hydrogen (secondary N) is 2. The van der Waals surface area contributed by atoms with Gasteiger partial charge in [-0.25, -0.2) is 14.8 Å². The SMILES string of the molecule is CCOc1cc(-c2nc(C)c(NC(=O)Nc3ccc(CN4CCN(CC)CC4)c(C(F)(F)F)c3)c(C)n2)cnc1C. The Morgan fingerprint density at radius 1 is 0.951 bits per heavy atom. The van der Waals surface area contributed by atoms with Gasteiger partial charge in [0, 0.05) is 50.2 Å². The van der Waals surface area contributed by atoms with Crippen molar-refractivity contribution in [2.75, 3.05) is 50.0 Å². The molecule has 3 aromatic rings. The van der Waals surface area contributed by atoms with Crippen molar-refractivity contribution < 1.29 is 22.7 Å². The molecule has 41 heavy (non-hydrogen) atoms. The van der Waals surface area contributed by atoms with Gasteiger partial charge in [-0.1, -0.05) is 13.0 Å². The van der Waals surface area contributed by atoms with E-state index in [-0.39, 0.29) is 17.8 Å². The summed E-state index contributed by atoms with van der Waals surface area (Å²) in [6, 6.07) is 5.03. The van der Waals surface area contributed by atoms with Gasteiger partial charge in [0.05, 0.1) is 34.9 Å². The van der Waals surface area contributed by atoms with E-state index in [2.05, 4.69) is 37.4 Å². The Bertz CT molecular complexity index is 1370. The number of nitrogens with zero attached hydrogens (tertiary/aromatic N) is 5. The molecule has 2 aromatic heterocycles. The first-order chi connectivity index (χ1) is 19.5. The molecule has 9 nitrogen and oxygen atoms in total. The molecule has 12 heteroatoms. The van der Waals surface area contributed by atoms with Crippen LogP contribution in [0.4, 0.5) is 29.3 Å². The van der Waals surface area contributed by atoms with Crippen molar-refractivity contribution in [3.8, 4) is 17.1 Å². The molecule has 1 aliphatic rings. The molecule has 220 valence electrons. The van der Waals surface area contributed by atoms with Gasteiger partial charge in [-0.15, -0.1) is 0 Å². The number of carbonyl (C=O) groups is 1. The predicted octanol–water partition coefficient (Wildman–Crippen LogP) is 5.66. The Balaban J connectivity index is 1.48. The Hall–Kier alpha value is -3.77. The van der Waals surface area contributed by atoms with Crippen molar-refractivity contribution in [3.05, 3.63) is 58.7 Å². The second-order valence-corrected chi connectivity index (χ2v) is 9.99. The van der Waals surface area contributed by atoms with E-state index in [1.165, 1.54) is 12.1 Å². The van der Waals surface area contributed by atoms with E-state index in [1.807, 2.05) is 24.8 Å². The first-order valence-electron chi connectivity index (χ1n) is 13.7. The fourth-order valence-corrected chi connectivity index (χ4v) is 4.80. The molecule has 0 atom stereocenters. The zero-order chi connectivity index (χ0) is 29.7. The molecule has 3 heterocycles. The van der Waals surface area contributed by atoms with Crippen LogP contribution >= 0.6 is 0 Å². The molecule has 0 bridgehead atoms. The molecule has 0 unspecified atom stereocenters. The molecule has 1 aromatic carbocycles. The van der Waals surface area contributed by atoms with Crippen LogP contribution in [0.5, 0.6) is 5.75 Å². The van der Waals surface area contributed by atoms with Crippen molar-refractivity contribution in [3.63, 3.8) is 0 Å². The van der Waals surface area contributed by atoms with Crippen LogP contribution in [0.15, 0.2) is 30.5 Å². The number of pyridine rings is 1. The number of piperazine rings is 1. The number of anilines is 2. The summed E-state index contributed by atoms with van der Waals surface area (Å²) in [4.78, 5) is 30.5. The Morgan fingerprint density at radius 3 is 2.22 bits per heavy atom. The van der Waals surface area contributed by atoms with Gasteiger partial charge in [0.15, 0.2) is 5.82 Å². The van der Waals surface area contributed by atoms with E-state index < -0.39 is 17.8 Å². The minimum Gasteiger partial charge on any atom is -0.492 e. The fraction of sp³-hybridized carbons (Fsp3) is 0.448. The maximum atomic E-state index is 14.0. The summed E-state index contributed by atoms with van der Waals surface area (Å²) in [6.45, 7) is 13.9. The highest BCUT2D eigenvalue weighted by Gasteiger charge is 2.34. The van der Waals surface area contributed by atoms with Crippen LogP contribution in [-0.2, 0) is 12.7 Å². The van der Waals surface area contributed by atoms with Crippen LogP contribution in [-0.4, -0.2) is 70.1 Å². The molecule has 2 N–H and O–H groups in total. The minimum atomic E-state index is -4.56. The maximum Gasteiger partial charge on any atom is 0.416 e. The monoisotopic (exact) mass is 571 g/mol. The van der Waals surface area contributed by atoms with Gasteiger partial charge in [0.1, 0.15) is 5.75 Å². The zero-order valence-electron chi connectivity index (χ0n) is 24.0. The molecule has 1 aliphatic heterocycles. The largest absolute Gasteiger partial charge is 0.492 e. The number of likely N-dealkylation sites (N-methyl/N-ethyl adjacent to an activating group) is 1.